The van der Waals surface area contributed by atoms with E-state index in [1.54, 1.807) is 6.92 Å². The predicted molar refractivity (Wildman–Crippen MR) is 73.3 cm³/mol. The van der Waals surface area contributed by atoms with Gasteiger partial charge in [0.15, 0.2) is 0 Å². The monoisotopic (exact) mass is 273 g/mol. The zero-order valence-corrected chi connectivity index (χ0v) is 12.6. The van der Waals surface area contributed by atoms with Crippen LogP contribution >= 0.6 is 0 Å². The first-order chi connectivity index (χ1) is 8.73. The average molecular weight is 273 g/mol. The molecule has 0 aromatic rings. The van der Waals surface area contributed by atoms with Crippen LogP contribution in [-0.2, 0) is 14.3 Å². The summed E-state index contributed by atoms with van der Waals surface area (Å²) >= 11 is 0. The average Bonchev–Trinajstić information content (AvgIpc) is 2.24. The molecule has 5 nitrogen and oxygen atoms in total. The third kappa shape index (κ3) is 5.09. The standard InChI is InChI=1S/C14H27NO4/c1-9(2)15-14(5,13(16)17)8-18-12-6-10(3)19-11(4)7-12/h9-12,15H,6-8H2,1-5H3,(H,16,17). The van der Waals surface area contributed by atoms with E-state index in [4.69, 9.17) is 9.47 Å². The van der Waals surface area contributed by atoms with Crippen molar-refractivity contribution in [3.8, 4) is 0 Å². The predicted octanol–water partition coefficient (Wildman–Crippen LogP) is 1.80. The fourth-order valence-corrected chi connectivity index (χ4v) is 2.57. The van der Waals surface area contributed by atoms with Crippen LogP contribution < -0.4 is 5.32 Å². The molecule has 0 aliphatic carbocycles. The number of hydrogen-bond acceptors (Lipinski definition) is 4. The molecular weight excluding hydrogens is 246 g/mol. The molecule has 3 atom stereocenters. The van der Waals surface area contributed by atoms with Gasteiger partial charge in [0.2, 0.25) is 0 Å². The molecule has 2 N–H and O–H groups in total. The summed E-state index contributed by atoms with van der Waals surface area (Å²) in [4.78, 5) is 11.4. The van der Waals surface area contributed by atoms with Gasteiger partial charge in [0.25, 0.3) is 0 Å². The van der Waals surface area contributed by atoms with Crippen LogP contribution in [0.3, 0.4) is 0 Å². The maximum atomic E-state index is 11.4. The van der Waals surface area contributed by atoms with Crippen molar-refractivity contribution < 1.29 is 19.4 Å². The minimum atomic E-state index is -1.04. The van der Waals surface area contributed by atoms with Gasteiger partial charge in [0.1, 0.15) is 5.54 Å². The Balaban J connectivity index is 2.54. The van der Waals surface area contributed by atoms with Crippen LogP contribution in [0.5, 0.6) is 0 Å². The Bertz CT molecular complexity index is 298. The SMILES string of the molecule is CC(C)NC(C)(COC1CC(C)OC(C)C1)C(=O)O. The van der Waals surface area contributed by atoms with Gasteiger partial charge in [0, 0.05) is 6.04 Å². The van der Waals surface area contributed by atoms with Crippen LogP contribution in [0.1, 0.15) is 47.5 Å². The molecule has 1 aliphatic rings. The fraction of sp³-hybridized carbons (Fsp3) is 0.929. The second-order valence-electron chi connectivity index (χ2n) is 6.10. The van der Waals surface area contributed by atoms with Crippen molar-refractivity contribution >= 4 is 5.97 Å². The summed E-state index contributed by atoms with van der Waals surface area (Å²) < 4.78 is 11.5. The molecule has 0 aromatic carbocycles. The van der Waals surface area contributed by atoms with Crippen molar-refractivity contribution in [1.29, 1.82) is 0 Å². The van der Waals surface area contributed by atoms with Crippen LogP contribution in [0.4, 0.5) is 0 Å². The quantitative estimate of drug-likeness (QED) is 0.772. The molecular formula is C14H27NO4. The maximum absolute atomic E-state index is 11.4. The Kier molecular flexibility index (Phi) is 5.77. The lowest BCUT2D eigenvalue weighted by atomic mass is 10.0. The smallest absolute Gasteiger partial charge is 0.326 e. The lowest BCUT2D eigenvalue weighted by Crippen LogP contribution is -2.56. The summed E-state index contributed by atoms with van der Waals surface area (Å²) in [5.74, 6) is -0.880. The van der Waals surface area contributed by atoms with Crippen LogP contribution in [0.25, 0.3) is 0 Å². The van der Waals surface area contributed by atoms with Crippen LogP contribution in [0.15, 0.2) is 0 Å². The zero-order chi connectivity index (χ0) is 14.6. The topological polar surface area (TPSA) is 67.8 Å². The first-order valence-electron chi connectivity index (χ1n) is 7.01. The van der Waals surface area contributed by atoms with Gasteiger partial charge in [-0.05, 0) is 47.5 Å². The first kappa shape index (κ1) is 16.4. The van der Waals surface area contributed by atoms with Crippen LogP contribution in [0, 0.1) is 0 Å². The molecule has 0 bridgehead atoms. The summed E-state index contributed by atoms with van der Waals surface area (Å²) in [5, 5.41) is 12.4. The van der Waals surface area contributed by atoms with E-state index in [0.29, 0.717) is 0 Å². The number of carboxylic acid groups (broad SMARTS) is 1. The van der Waals surface area contributed by atoms with Gasteiger partial charge in [-0.1, -0.05) is 0 Å². The Morgan fingerprint density at radius 2 is 1.95 bits per heavy atom. The molecule has 1 fully saturated rings. The van der Waals surface area contributed by atoms with E-state index in [2.05, 4.69) is 5.32 Å². The number of hydrogen-bond donors (Lipinski definition) is 2. The van der Waals surface area contributed by atoms with Crippen LogP contribution in [0.2, 0.25) is 0 Å². The lowest BCUT2D eigenvalue weighted by molar-refractivity contribution is -0.152. The molecule has 1 saturated heterocycles. The normalized spacial score (nSPS) is 31.2. The van der Waals surface area contributed by atoms with E-state index in [-0.39, 0.29) is 31.0 Å². The van der Waals surface area contributed by atoms with Crippen molar-refractivity contribution in [2.75, 3.05) is 6.61 Å². The van der Waals surface area contributed by atoms with Gasteiger partial charge in [-0.3, -0.25) is 10.1 Å². The van der Waals surface area contributed by atoms with Gasteiger partial charge in [0.05, 0.1) is 24.9 Å². The highest BCUT2D eigenvalue weighted by Gasteiger charge is 2.36. The third-order valence-electron chi connectivity index (χ3n) is 3.34. The molecule has 1 heterocycles. The molecule has 0 spiro atoms. The van der Waals surface area contributed by atoms with Crippen LogP contribution in [-0.4, -0.2) is 47.6 Å². The Morgan fingerprint density at radius 1 is 1.42 bits per heavy atom. The molecule has 5 heteroatoms. The molecule has 112 valence electrons. The Hall–Kier alpha value is -0.650. The largest absolute Gasteiger partial charge is 0.480 e. The third-order valence-corrected chi connectivity index (χ3v) is 3.34. The molecule has 1 rings (SSSR count). The highest BCUT2D eigenvalue weighted by molar-refractivity contribution is 5.78. The second-order valence-corrected chi connectivity index (χ2v) is 6.10. The summed E-state index contributed by atoms with van der Waals surface area (Å²) in [7, 11) is 0. The van der Waals surface area contributed by atoms with Gasteiger partial charge < -0.3 is 14.6 Å². The van der Waals surface area contributed by atoms with E-state index in [0.717, 1.165) is 12.8 Å². The highest BCUT2D eigenvalue weighted by Crippen LogP contribution is 2.22. The highest BCUT2D eigenvalue weighted by atomic mass is 16.5. The van der Waals surface area contributed by atoms with Crippen molar-refractivity contribution in [3.05, 3.63) is 0 Å². The minimum Gasteiger partial charge on any atom is -0.480 e. The fourth-order valence-electron chi connectivity index (χ4n) is 2.57. The van der Waals surface area contributed by atoms with Crippen molar-refractivity contribution in [3.63, 3.8) is 0 Å². The van der Waals surface area contributed by atoms with E-state index in [1.165, 1.54) is 0 Å². The molecule has 0 amide bonds. The summed E-state index contributed by atoms with van der Waals surface area (Å²) in [6.45, 7) is 9.75. The van der Waals surface area contributed by atoms with Gasteiger partial charge >= 0.3 is 5.97 Å². The van der Waals surface area contributed by atoms with Crippen molar-refractivity contribution in [2.45, 2.75) is 77.4 Å². The number of nitrogens with one attached hydrogen (secondary N) is 1. The lowest BCUT2D eigenvalue weighted by Gasteiger charge is -2.35. The van der Waals surface area contributed by atoms with Gasteiger partial charge in [-0.25, -0.2) is 0 Å². The molecule has 0 saturated carbocycles. The van der Waals surface area contributed by atoms with Gasteiger partial charge in [-0.2, -0.15) is 0 Å². The van der Waals surface area contributed by atoms with E-state index < -0.39 is 11.5 Å². The molecule has 19 heavy (non-hydrogen) atoms. The Labute approximate surface area is 115 Å². The number of carbonyl (C=O) groups is 1. The Morgan fingerprint density at radius 3 is 2.37 bits per heavy atom. The molecule has 0 aromatic heterocycles. The molecule has 1 aliphatic heterocycles. The summed E-state index contributed by atoms with van der Waals surface area (Å²) in [6, 6.07) is 0.0947. The summed E-state index contributed by atoms with van der Waals surface area (Å²) in [6.07, 6.45) is 2.06. The number of aliphatic carboxylic acids is 1. The number of ether oxygens (including phenoxy) is 2. The molecule has 0 radical (unpaired) electrons. The van der Waals surface area contributed by atoms with Gasteiger partial charge in [-0.15, -0.1) is 0 Å². The summed E-state index contributed by atoms with van der Waals surface area (Å²) in [5.41, 5.74) is -1.04. The number of carboxylic acids is 1. The first-order valence-corrected chi connectivity index (χ1v) is 7.01. The molecule has 3 unspecified atom stereocenters. The second kappa shape index (κ2) is 6.68. The maximum Gasteiger partial charge on any atom is 0.326 e. The van der Waals surface area contributed by atoms with E-state index in [9.17, 15) is 9.90 Å². The minimum absolute atomic E-state index is 0.0754. The zero-order valence-electron chi connectivity index (χ0n) is 12.6. The van der Waals surface area contributed by atoms with Crippen molar-refractivity contribution in [1.82, 2.24) is 5.32 Å². The van der Waals surface area contributed by atoms with E-state index >= 15 is 0 Å². The number of rotatable bonds is 6. The van der Waals surface area contributed by atoms with E-state index in [1.807, 2.05) is 27.7 Å². The van der Waals surface area contributed by atoms with Crippen molar-refractivity contribution in [2.24, 2.45) is 0 Å².